The highest BCUT2D eigenvalue weighted by atomic mass is 15.2. The number of nitrogens with zero attached hydrogens (tertiary/aromatic N) is 2. The molecule has 0 aromatic heterocycles. The Morgan fingerprint density at radius 1 is 1.17 bits per heavy atom. The van der Waals surface area contributed by atoms with Gasteiger partial charge in [0.2, 0.25) is 0 Å². The molecule has 1 heterocycles. The maximum absolute atomic E-state index is 3.77. The van der Waals surface area contributed by atoms with Crippen LogP contribution < -0.4 is 5.32 Å². The SMILES string of the molecule is CCCNC1CCCC1N1CCCC(N(C)C)C1. The average Bonchev–Trinajstić information content (AvgIpc) is 2.84. The number of piperidine rings is 1. The fourth-order valence-electron chi connectivity index (χ4n) is 3.65. The summed E-state index contributed by atoms with van der Waals surface area (Å²) in [7, 11) is 4.46. The minimum Gasteiger partial charge on any atom is -0.312 e. The van der Waals surface area contributed by atoms with Crippen LogP contribution in [0.2, 0.25) is 0 Å². The van der Waals surface area contributed by atoms with Gasteiger partial charge in [-0.3, -0.25) is 4.90 Å². The van der Waals surface area contributed by atoms with E-state index in [0.29, 0.717) is 0 Å². The van der Waals surface area contributed by atoms with Crippen LogP contribution in [-0.4, -0.2) is 61.7 Å². The highest BCUT2D eigenvalue weighted by Crippen LogP contribution is 2.27. The molecule has 3 atom stereocenters. The van der Waals surface area contributed by atoms with Crippen LogP contribution in [-0.2, 0) is 0 Å². The van der Waals surface area contributed by atoms with Crippen LogP contribution in [0.1, 0.15) is 45.4 Å². The van der Waals surface area contributed by atoms with Gasteiger partial charge in [-0.05, 0) is 59.3 Å². The molecule has 0 spiro atoms. The molecule has 1 aliphatic heterocycles. The largest absolute Gasteiger partial charge is 0.312 e. The fourth-order valence-corrected chi connectivity index (χ4v) is 3.65. The molecular weight excluding hydrogens is 222 g/mol. The van der Waals surface area contributed by atoms with E-state index < -0.39 is 0 Å². The van der Waals surface area contributed by atoms with Gasteiger partial charge < -0.3 is 10.2 Å². The van der Waals surface area contributed by atoms with E-state index in [4.69, 9.17) is 0 Å². The number of hydrogen-bond acceptors (Lipinski definition) is 3. The molecule has 1 aliphatic carbocycles. The molecule has 0 radical (unpaired) electrons. The lowest BCUT2D eigenvalue weighted by atomic mass is 10.0. The van der Waals surface area contributed by atoms with Crippen LogP contribution in [0, 0.1) is 0 Å². The fraction of sp³-hybridized carbons (Fsp3) is 1.00. The Kier molecular flexibility index (Phi) is 5.46. The van der Waals surface area contributed by atoms with Crippen molar-refractivity contribution < 1.29 is 0 Å². The Bertz CT molecular complexity index is 242. The first-order valence-corrected chi connectivity index (χ1v) is 7.86. The molecule has 3 unspecified atom stereocenters. The number of nitrogens with one attached hydrogen (secondary N) is 1. The summed E-state index contributed by atoms with van der Waals surface area (Å²) in [4.78, 5) is 5.18. The maximum Gasteiger partial charge on any atom is 0.0250 e. The predicted octanol–water partition coefficient (Wildman–Crippen LogP) is 1.93. The summed E-state index contributed by atoms with van der Waals surface area (Å²) < 4.78 is 0. The smallest absolute Gasteiger partial charge is 0.0250 e. The van der Waals surface area contributed by atoms with Crippen molar-refractivity contribution in [2.75, 3.05) is 33.7 Å². The van der Waals surface area contributed by atoms with Crippen molar-refractivity contribution in [2.45, 2.75) is 63.6 Å². The minimum atomic E-state index is 0.755. The van der Waals surface area contributed by atoms with Gasteiger partial charge in [-0.1, -0.05) is 13.3 Å². The summed E-state index contributed by atoms with van der Waals surface area (Å²) in [5.74, 6) is 0. The highest BCUT2D eigenvalue weighted by Gasteiger charge is 2.34. The van der Waals surface area contributed by atoms with E-state index in [9.17, 15) is 0 Å². The average molecular weight is 253 g/mol. The minimum absolute atomic E-state index is 0.755. The lowest BCUT2D eigenvalue weighted by molar-refractivity contribution is 0.0864. The molecule has 0 aromatic carbocycles. The summed E-state index contributed by atoms with van der Waals surface area (Å²) in [6, 6.07) is 2.33. The van der Waals surface area contributed by atoms with Gasteiger partial charge in [-0.25, -0.2) is 0 Å². The first kappa shape index (κ1) is 14.3. The first-order valence-electron chi connectivity index (χ1n) is 7.86. The van der Waals surface area contributed by atoms with Gasteiger partial charge >= 0.3 is 0 Å². The van der Waals surface area contributed by atoms with Crippen LogP contribution >= 0.6 is 0 Å². The maximum atomic E-state index is 3.77. The lowest BCUT2D eigenvalue weighted by Crippen LogP contribution is -2.54. The van der Waals surface area contributed by atoms with E-state index in [2.05, 4.69) is 36.1 Å². The van der Waals surface area contributed by atoms with Crippen LogP contribution in [0.4, 0.5) is 0 Å². The molecule has 3 nitrogen and oxygen atoms in total. The zero-order valence-corrected chi connectivity index (χ0v) is 12.5. The Morgan fingerprint density at radius 2 is 2.00 bits per heavy atom. The van der Waals surface area contributed by atoms with Gasteiger partial charge in [0, 0.05) is 24.7 Å². The molecule has 2 fully saturated rings. The van der Waals surface area contributed by atoms with E-state index in [1.807, 2.05) is 0 Å². The molecule has 0 aromatic rings. The third kappa shape index (κ3) is 3.46. The second-order valence-electron chi connectivity index (χ2n) is 6.31. The van der Waals surface area contributed by atoms with Gasteiger partial charge in [-0.15, -0.1) is 0 Å². The quantitative estimate of drug-likeness (QED) is 0.808. The van der Waals surface area contributed by atoms with E-state index in [-0.39, 0.29) is 0 Å². The monoisotopic (exact) mass is 253 g/mol. The van der Waals surface area contributed by atoms with Gasteiger partial charge in [0.05, 0.1) is 0 Å². The molecule has 0 amide bonds. The second kappa shape index (κ2) is 6.88. The van der Waals surface area contributed by atoms with Crippen molar-refractivity contribution >= 4 is 0 Å². The zero-order valence-electron chi connectivity index (χ0n) is 12.5. The third-order valence-electron chi connectivity index (χ3n) is 4.76. The molecule has 1 N–H and O–H groups in total. The first-order chi connectivity index (χ1) is 8.72. The zero-order chi connectivity index (χ0) is 13.0. The van der Waals surface area contributed by atoms with Gasteiger partial charge in [0.25, 0.3) is 0 Å². The molecule has 2 aliphatic rings. The Morgan fingerprint density at radius 3 is 2.72 bits per heavy atom. The van der Waals surface area contributed by atoms with Crippen molar-refractivity contribution in [1.82, 2.24) is 15.1 Å². The number of rotatable bonds is 5. The molecular formula is C15H31N3. The number of likely N-dealkylation sites (N-methyl/N-ethyl adjacent to an activating group) is 1. The standard InChI is InChI=1S/C15H31N3/c1-4-10-16-14-8-5-9-15(14)18-11-6-7-13(12-18)17(2)3/h13-16H,4-12H2,1-3H3. The molecule has 0 bridgehead atoms. The number of likely N-dealkylation sites (tertiary alicyclic amines) is 1. The van der Waals surface area contributed by atoms with Crippen LogP contribution in [0.25, 0.3) is 0 Å². The van der Waals surface area contributed by atoms with Crippen molar-refractivity contribution in [2.24, 2.45) is 0 Å². The highest BCUT2D eigenvalue weighted by molar-refractivity contribution is 4.93. The van der Waals surface area contributed by atoms with Crippen LogP contribution in [0.15, 0.2) is 0 Å². The van der Waals surface area contributed by atoms with Crippen molar-refractivity contribution in [3.8, 4) is 0 Å². The summed E-state index contributed by atoms with van der Waals surface area (Å²) in [5.41, 5.74) is 0. The molecule has 1 saturated heterocycles. The topological polar surface area (TPSA) is 18.5 Å². The predicted molar refractivity (Wildman–Crippen MR) is 78.0 cm³/mol. The molecule has 106 valence electrons. The summed E-state index contributed by atoms with van der Waals surface area (Å²) >= 11 is 0. The molecule has 18 heavy (non-hydrogen) atoms. The van der Waals surface area contributed by atoms with Crippen molar-refractivity contribution in [1.29, 1.82) is 0 Å². The van der Waals surface area contributed by atoms with Crippen molar-refractivity contribution in [3.05, 3.63) is 0 Å². The summed E-state index contributed by atoms with van der Waals surface area (Å²) in [6.07, 6.45) is 8.21. The van der Waals surface area contributed by atoms with E-state index in [1.165, 1.54) is 58.2 Å². The molecule has 3 heteroatoms. The normalized spacial score (nSPS) is 34.3. The number of hydrogen-bond donors (Lipinski definition) is 1. The van der Waals surface area contributed by atoms with Gasteiger partial charge in [-0.2, -0.15) is 0 Å². The Balaban J connectivity index is 1.88. The van der Waals surface area contributed by atoms with E-state index >= 15 is 0 Å². The molecule has 2 rings (SSSR count). The third-order valence-corrected chi connectivity index (χ3v) is 4.76. The van der Waals surface area contributed by atoms with Crippen LogP contribution in [0.5, 0.6) is 0 Å². The lowest BCUT2D eigenvalue weighted by Gasteiger charge is -2.41. The van der Waals surface area contributed by atoms with Gasteiger partial charge in [0.15, 0.2) is 0 Å². The Labute approximate surface area is 113 Å². The second-order valence-corrected chi connectivity index (χ2v) is 6.31. The Hall–Kier alpha value is -0.120. The molecule has 1 saturated carbocycles. The summed E-state index contributed by atoms with van der Waals surface area (Å²) in [5, 5.41) is 3.77. The van der Waals surface area contributed by atoms with Gasteiger partial charge in [0.1, 0.15) is 0 Å². The summed E-state index contributed by atoms with van der Waals surface area (Å²) in [6.45, 7) is 6.05. The van der Waals surface area contributed by atoms with E-state index in [1.54, 1.807) is 0 Å². The van der Waals surface area contributed by atoms with E-state index in [0.717, 1.165) is 18.1 Å². The van der Waals surface area contributed by atoms with Crippen molar-refractivity contribution in [3.63, 3.8) is 0 Å². The van der Waals surface area contributed by atoms with Crippen LogP contribution in [0.3, 0.4) is 0 Å².